The molecular weight excluding hydrogens is 366 g/mol. The fourth-order valence-electron chi connectivity index (χ4n) is 2.29. The van der Waals surface area contributed by atoms with Crippen LogP contribution in [-0.4, -0.2) is 42.1 Å². The Hall–Kier alpha value is -2.18. The van der Waals surface area contributed by atoms with Gasteiger partial charge in [0.1, 0.15) is 5.82 Å². The van der Waals surface area contributed by atoms with Gasteiger partial charge in [-0.2, -0.15) is 0 Å². The van der Waals surface area contributed by atoms with Crippen LogP contribution in [0.2, 0.25) is 0 Å². The van der Waals surface area contributed by atoms with Crippen molar-refractivity contribution in [2.75, 3.05) is 37.8 Å². The topological polar surface area (TPSA) is 53.1 Å². The molecule has 3 aromatic rings. The minimum atomic E-state index is 0.865. The molecule has 0 bridgehead atoms. The maximum atomic E-state index is 4.44. The minimum absolute atomic E-state index is 0.865. The number of fused-ring (bicyclic) bond motifs is 1. The van der Waals surface area contributed by atoms with Crippen molar-refractivity contribution in [3.63, 3.8) is 0 Å². The smallest absolute Gasteiger partial charge is 0.126 e. The molecule has 0 aliphatic rings. The van der Waals surface area contributed by atoms with Crippen molar-refractivity contribution in [2.45, 2.75) is 0 Å². The van der Waals surface area contributed by atoms with Crippen LogP contribution >= 0.6 is 15.9 Å². The second kappa shape index (κ2) is 7.59. The Kier molecular flexibility index (Phi) is 5.27. The zero-order valence-electron chi connectivity index (χ0n) is 13.7. The summed E-state index contributed by atoms with van der Waals surface area (Å²) in [4.78, 5) is 10.9. The van der Waals surface area contributed by atoms with E-state index in [4.69, 9.17) is 0 Å². The molecule has 1 aromatic carbocycles. The molecule has 2 aromatic heterocycles. The van der Waals surface area contributed by atoms with Crippen LogP contribution < -0.4 is 10.6 Å². The molecular formula is C18H19BrN5. The van der Waals surface area contributed by atoms with Gasteiger partial charge in [-0.3, -0.25) is 4.98 Å². The van der Waals surface area contributed by atoms with Gasteiger partial charge in [0, 0.05) is 35.2 Å². The Morgan fingerprint density at radius 3 is 2.79 bits per heavy atom. The molecule has 0 amide bonds. The first-order valence-electron chi connectivity index (χ1n) is 7.69. The number of anilines is 3. The van der Waals surface area contributed by atoms with E-state index in [1.165, 1.54) is 0 Å². The SMILES string of the molecule is CN(C)CCNc1ccc(Nc2[c]cnc3ccc(Br)cc23)cn1. The molecule has 5 nitrogen and oxygen atoms in total. The number of rotatable bonds is 6. The maximum Gasteiger partial charge on any atom is 0.126 e. The summed E-state index contributed by atoms with van der Waals surface area (Å²) >= 11 is 3.50. The number of aromatic nitrogens is 2. The molecule has 0 fully saturated rings. The number of hydrogen-bond acceptors (Lipinski definition) is 5. The van der Waals surface area contributed by atoms with Crippen molar-refractivity contribution in [1.82, 2.24) is 14.9 Å². The summed E-state index contributed by atoms with van der Waals surface area (Å²) in [6.45, 7) is 1.83. The summed E-state index contributed by atoms with van der Waals surface area (Å²) < 4.78 is 1.01. The van der Waals surface area contributed by atoms with Crippen molar-refractivity contribution in [3.8, 4) is 0 Å². The first-order valence-corrected chi connectivity index (χ1v) is 8.49. The van der Waals surface area contributed by atoms with Crippen LogP contribution in [0.15, 0.2) is 47.2 Å². The highest BCUT2D eigenvalue weighted by atomic mass is 79.9. The third-order valence-corrected chi connectivity index (χ3v) is 4.03. The molecule has 3 rings (SSSR count). The monoisotopic (exact) mass is 384 g/mol. The summed E-state index contributed by atoms with van der Waals surface area (Å²) in [5, 5.41) is 7.67. The molecule has 6 heteroatoms. The Bertz CT molecular complexity index is 817. The van der Waals surface area contributed by atoms with Crippen molar-refractivity contribution < 1.29 is 0 Å². The molecule has 0 aliphatic heterocycles. The lowest BCUT2D eigenvalue weighted by Crippen LogP contribution is -2.21. The maximum absolute atomic E-state index is 4.44. The average Bonchev–Trinajstić information content (AvgIpc) is 2.57. The van der Waals surface area contributed by atoms with E-state index >= 15 is 0 Å². The predicted molar refractivity (Wildman–Crippen MR) is 103 cm³/mol. The van der Waals surface area contributed by atoms with Gasteiger partial charge in [-0.15, -0.1) is 0 Å². The number of benzene rings is 1. The van der Waals surface area contributed by atoms with Crippen LogP contribution in [0.3, 0.4) is 0 Å². The molecule has 0 spiro atoms. The number of hydrogen-bond donors (Lipinski definition) is 2. The van der Waals surface area contributed by atoms with E-state index in [2.05, 4.69) is 61.6 Å². The van der Waals surface area contributed by atoms with Gasteiger partial charge in [0.25, 0.3) is 0 Å². The van der Waals surface area contributed by atoms with Crippen molar-refractivity contribution in [3.05, 3.63) is 53.3 Å². The van der Waals surface area contributed by atoms with Gasteiger partial charge >= 0.3 is 0 Å². The van der Waals surface area contributed by atoms with Crippen molar-refractivity contribution >= 4 is 44.0 Å². The zero-order chi connectivity index (χ0) is 16.9. The van der Waals surface area contributed by atoms with Crippen LogP contribution in [0, 0.1) is 6.07 Å². The summed E-state index contributed by atoms with van der Waals surface area (Å²) in [5.41, 5.74) is 2.72. The third kappa shape index (κ3) is 4.21. The standard InChI is InChI=1S/C18H19BrN5/c1-24(2)10-9-21-18-6-4-14(12-22-18)23-17-7-8-20-16-5-3-13(19)11-15(16)17/h3-6,8,11-12H,9-10H2,1-2H3,(H,20,23)(H,21,22). The van der Waals surface area contributed by atoms with E-state index in [9.17, 15) is 0 Å². The van der Waals surface area contributed by atoms with E-state index in [1.54, 1.807) is 6.20 Å². The average molecular weight is 385 g/mol. The highest BCUT2D eigenvalue weighted by molar-refractivity contribution is 9.10. The highest BCUT2D eigenvalue weighted by Gasteiger charge is 2.04. The quantitative estimate of drug-likeness (QED) is 0.674. The van der Waals surface area contributed by atoms with E-state index < -0.39 is 0 Å². The van der Waals surface area contributed by atoms with Crippen LogP contribution in [0.4, 0.5) is 17.2 Å². The van der Waals surface area contributed by atoms with Gasteiger partial charge in [-0.25, -0.2) is 4.98 Å². The number of nitrogens with zero attached hydrogens (tertiary/aromatic N) is 3. The van der Waals surface area contributed by atoms with E-state index in [0.717, 1.165) is 45.7 Å². The molecule has 2 N–H and O–H groups in total. The Labute approximate surface area is 150 Å². The van der Waals surface area contributed by atoms with Gasteiger partial charge < -0.3 is 15.5 Å². The largest absolute Gasteiger partial charge is 0.369 e. The number of halogens is 1. The molecule has 123 valence electrons. The normalized spacial score (nSPS) is 11.0. The van der Waals surface area contributed by atoms with Crippen molar-refractivity contribution in [1.29, 1.82) is 0 Å². The number of nitrogens with one attached hydrogen (secondary N) is 2. The van der Waals surface area contributed by atoms with Gasteiger partial charge in [0.05, 0.1) is 23.1 Å². The zero-order valence-corrected chi connectivity index (χ0v) is 15.3. The van der Waals surface area contributed by atoms with Crippen molar-refractivity contribution in [2.24, 2.45) is 0 Å². The Morgan fingerprint density at radius 2 is 2.04 bits per heavy atom. The highest BCUT2D eigenvalue weighted by Crippen LogP contribution is 2.27. The molecule has 0 atom stereocenters. The first-order chi connectivity index (χ1) is 11.6. The summed E-state index contributed by atoms with van der Waals surface area (Å²) in [5.74, 6) is 0.869. The number of likely N-dealkylation sites (N-methyl/N-ethyl adjacent to an activating group) is 1. The van der Waals surface area contributed by atoms with E-state index in [0.29, 0.717) is 0 Å². The van der Waals surface area contributed by atoms with Gasteiger partial charge in [0.15, 0.2) is 0 Å². The molecule has 0 unspecified atom stereocenters. The van der Waals surface area contributed by atoms with Crippen LogP contribution in [0.1, 0.15) is 0 Å². The van der Waals surface area contributed by atoms with E-state index in [1.807, 2.05) is 36.5 Å². The lowest BCUT2D eigenvalue weighted by atomic mass is 10.2. The fraction of sp³-hybridized carbons (Fsp3) is 0.222. The third-order valence-electron chi connectivity index (χ3n) is 3.54. The Balaban J connectivity index is 1.73. The lowest BCUT2D eigenvalue weighted by molar-refractivity contribution is 0.425. The minimum Gasteiger partial charge on any atom is -0.369 e. The molecule has 0 saturated carbocycles. The lowest BCUT2D eigenvalue weighted by Gasteiger charge is -2.12. The van der Waals surface area contributed by atoms with Crippen LogP contribution in [0.25, 0.3) is 10.9 Å². The van der Waals surface area contributed by atoms with Gasteiger partial charge in [0.2, 0.25) is 0 Å². The Morgan fingerprint density at radius 1 is 1.17 bits per heavy atom. The molecule has 2 heterocycles. The van der Waals surface area contributed by atoms with Gasteiger partial charge in [-0.1, -0.05) is 15.9 Å². The van der Waals surface area contributed by atoms with Crippen LogP contribution in [0.5, 0.6) is 0 Å². The molecule has 24 heavy (non-hydrogen) atoms. The first kappa shape index (κ1) is 16.7. The van der Waals surface area contributed by atoms with Crippen LogP contribution in [-0.2, 0) is 0 Å². The van der Waals surface area contributed by atoms with Gasteiger partial charge in [-0.05, 0) is 44.4 Å². The van der Waals surface area contributed by atoms with E-state index in [-0.39, 0.29) is 0 Å². The number of pyridine rings is 2. The summed E-state index contributed by atoms with van der Waals surface area (Å²) in [7, 11) is 4.10. The second-order valence-corrected chi connectivity index (χ2v) is 6.64. The molecule has 0 aliphatic carbocycles. The predicted octanol–water partition coefficient (Wildman–Crippen LogP) is 3.91. The summed E-state index contributed by atoms with van der Waals surface area (Å²) in [6, 6.07) is 13.1. The second-order valence-electron chi connectivity index (χ2n) is 5.73. The summed E-state index contributed by atoms with van der Waals surface area (Å²) in [6.07, 6.45) is 3.50. The fourth-order valence-corrected chi connectivity index (χ4v) is 2.65. The molecule has 1 radical (unpaired) electrons. The molecule has 0 saturated heterocycles.